The van der Waals surface area contributed by atoms with Crippen LogP contribution in [-0.2, 0) is 45.9 Å². The van der Waals surface area contributed by atoms with Crippen LogP contribution in [0.3, 0.4) is 0 Å². The van der Waals surface area contributed by atoms with E-state index >= 15 is 0 Å². The van der Waals surface area contributed by atoms with E-state index in [-0.39, 0.29) is 58.7 Å². The van der Waals surface area contributed by atoms with E-state index < -0.39 is 20.2 Å². The van der Waals surface area contributed by atoms with Crippen molar-refractivity contribution in [1.82, 2.24) is 0 Å². The van der Waals surface area contributed by atoms with Gasteiger partial charge < -0.3 is 9.11 Å². The van der Waals surface area contributed by atoms with Gasteiger partial charge >= 0.3 is 48.9 Å². The Hall–Kier alpha value is -1.21. The van der Waals surface area contributed by atoms with E-state index in [0.29, 0.717) is 10.8 Å². The number of benzene rings is 4. The van der Waals surface area contributed by atoms with Gasteiger partial charge in [-0.2, -0.15) is 0 Å². The smallest absolute Gasteiger partial charge is 0.744 e. The molecule has 0 heterocycles. The summed E-state index contributed by atoms with van der Waals surface area (Å²) < 4.78 is 72.2. The predicted octanol–water partition coefficient (Wildman–Crippen LogP) is 22.5. The third-order valence-electron chi connectivity index (χ3n) is 17.0. The van der Waals surface area contributed by atoms with Crippen LogP contribution in [0.5, 0.6) is 0 Å². The molecule has 0 aliphatic carbocycles. The second-order valence-corrected chi connectivity index (χ2v) is 27.0. The SMILES string of the molecule is CCCCCCCCCCCCCc1ccc2c(CCCCCCCCCCCCC)ccc(S(=O)(=O)[O-])c2c1.CCCCCCCCCCCCCc1ccc2c(CCCCCCCCCCCCC)ccc(S(=O)(=O)[O-])c2c1.[Ba+2]. The molecule has 456 valence electrons. The van der Waals surface area contributed by atoms with Crippen LogP contribution < -0.4 is 0 Å². The summed E-state index contributed by atoms with van der Waals surface area (Å²) in [5, 5.41) is 3.12. The number of aryl methyl sites for hydroxylation is 4. The van der Waals surface area contributed by atoms with Crippen molar-refractivity contribution in [3.05, 3.63) is 82.9 Å². The van der Waals surface area contributed by atoms with Crippen LogP contribution in [0.1, 0.15) is 332 Å². The van der Waals surface area contributed by atoms with Crippen molar-refractivity contribution in [3.63, 3.8) is 0 Å². The Morgan fingerprint density at radius 3 is 0.691 bits per heavy atom. The molecule has 4 aromatic rings. The summed E-state index contributed by atoms with van der Waals surface area (Å²) in [5.41, 5.74) is 4.61. The third-order valence-corrected chi connectivity index (χ3v) is 18.8. The van der Waals surface area contributed by atoms with Gasteiger partial charge in [0.2, 0.25) is 0 Å². The summed E-state index contributed by atoms with van der Waals surface area (Å²) in [6.45, 7) is 9.06. The molecular weight excluding hydrogens is 1160 g/mol. The van der Waals surface area contributed by atoms with Crippen molar-refractivity contribution in [3.8, 4) is 0 Å². The molecule has 0 radical (unpaired) electrons. The molecule has 0 aliphatic heterocycles. The number of hydrogen-bond donors (Lipinski definition) is 0. The fourth-order valence-corrected chi connectivity index (χ4v) is 13.3. The van der Waals surface area contributed by atoms with Crippen molar-refractivity contribution in [1.29, 1.82) is 0 Å². The minimum absolute atomic E-state index is 0. The molecule has 0 bridgehead atoms. The molecule has 4 rings (SSSR count). The monoisotopic (exact) mass is 1280 g/mol. The molecule has 0 spiro atoms. The van der Waals surface area contributed by atoms with Crippen LogP contribution in [0.15, 0.2) is 70.5 Å². The fraction of sp³-hybridized carbons (Fsp3) is 0.722. The van der Waals surface area contributed by atoms with Crippen molar-refractivity contribution < 1.29 is 25.9 Å². The van der Waals surface area contributed by atoms with Gasteiger partial charge in [0.05, 0.1) is 9.79 Å². The predicted molar refractivity (Wildman–Crippen MR) is 350 cm³/mol. The van der Waals surface area contributed by atoms with E-state index in [1.54, 1.807) is 12.1 Å². The minimum Gasteiger partial charge on any atom is -0.744 e. The van der Waals surface area contributed by atoms with Gasteiger partial charge in [-0.1, -0.05) is 321 Å². The summed E-state index contributed by atoms with van der Waals surface area (Å²) in [4.78, 5) is -0.128. The summed E-state index contributed by atoms with van der Waals surface area (Å²) in [5.74, 6) is 0. The molecule has 0 saturated heterocycles. The quantitative estimate of drug-likeness (QED) is 0.0247. The van der Waals surface area contributed by atoms with Gasteiger partial charge in [-0.15, -0.1) is 0 Å². The Kier molecular flexibility index (Phi) is 45.8. The standard InChI is InChI=1S/2C36H60O3S.Ba/c2*1-3-5-7-9-11-13-15-17-19-21-23-25-32-27-29-34-33(28-30-36(35(34)31-32)40(37,38)39)26-24-22-20-18-16-14-12-10-8-6-4-2;/h2*27-31H,3-26H2,1-2H3,(H,37,38,39);/q;;+2/p-2. The molecule has 0 N–H and O–H groups in total. The van der Waals surface area contributed by atoms with Gasteiger partial charge in [0.15, 0.2) is 0 Å². The van der Waals surface area contributed by atoms with E-state index in [0.717, 1.165) is 73.3 Å². The summed E-state index contributed by atoms with van der Waals surface area (Å²) in [6, 6.07) is 19.2. The second-order valence-electron chi connectivity index (χ2n) is 24.3. The van der Waals surface area contributed by atoms with Crippen LogP contribution in [0.2, 0.25) is 0 Å². The molecule has 4 aromatic carbocycles. The van der Waals surface area contributed by atoms with Gasteiger partial charge in [0.1, 0.15) is 20.2 Å². The first-order valence-electron chi connectivity index (χ1n) is 33.9. The van der Waals surface area contributed by atoms with Crippen molar-refractivity contribution >= 4 is 90.7 Å². The van der Waals surface area contributed by atoms with Crippen LogP contribution in [0.25, 0.3) is 21.5 Å². The van der Waals surface area contributed by atoms with E-state index in [4.69, 9.17) is 0 Å². The van der Waals surface area contributed by atoms with Crippen LogP contribution in [-0.4, -0.2) is 74.8 Å². The Labute approximate surface area is 540 Å². The maximum atomic E-state index is 12.0. The molecule has 0 aliphatic rings. The van der Waals surface area contributed by atoms with Gasteiger partial charge in [-0.05, 0) is 119 Å². The van der Waals surface area contributed by atoms with Crippen molar-refractivity contribution in [2.75, 3.05) is 0 Å². The number of unbranched alkanes of at least 4 members (excludes halogenated alkanes) is 40. The first-order chi connectivity index (χ1) is 38.9. The largest absolute Gasteiger partial charge is 2.00 e. The molecule has 0 amide bonds. The van der Waals surface area contributed by atoms with Crippen molar-refractivity contribution in [2.45, 2.75) is 346 Å². The molecule has 0 atom stereocenters. The van der Waals surface area contributed by atoms with Gasteiger partial charge in [0.25, 0.3) is 0 Å². The second kappa shape index (κ2) is 48.9. The Bertz CT molecular complexity index is 2230. The van der Waals surface area contributed by atoms with Crippen molar-refractivity contribution in [2.24, 2.45) is 0 Å². The van der Waals surface area contributed by atoms with Gasteiger partial charge in [-0.25, -0.2) is 16.8 Å². The number of hydrogen-bond acceptors (Lipinski definition) is 6. The van der Waals surface area contributed by atoms with E-state index in [9.17, 15) is 25.9 Å². The van der Waals surface area contributed by atoms with Crippen LogP contribution in [0.4, 0.5) is 0 Å². The summed E-state index contributed by atoms with van der Waals surface area (Å²) in [6.07, 6.45) is 61.5. The Balaban J connectivity index is 0.000000547. The molecule has 0 fully saturated rings. The third kappa shape index (κ3) is 35.3. The zero-order chi connectivity index (χ0) is 57.8. The average Bonchev–Trinajstić information content (AvgIpc) is 3.48. The maximum Gasteiger partial charge on any atom is 2.00 e. The zero-order valence-corrected chi connectivity index (χ0v) is 58.8. The first-order valence-corrected chi connectivity index (χ1v) is 36.8. The molecule has 6 nitrogen and oxygen atoms in total. The molecular formula is C72H118BaO6S2. The number of fused-ring (bicyclic) bond motifs is 2. The topological polar surface area (TPSA) is 114 Å². The normalized spacial score (nSPS) is 11.8. The number of rotatable bonds is 50. The maximum absolute atomic E-state index is 12.0. The van der Waals surface area contributed by atoms with Crippen LogP contribution in [0, 0.1) is 0 Å². The van der Waals surface area contributed by atoms with E-state index in [2.05, 4.69) is 52.0 Å². The van der Waals surface area contributed by atoms with Crippen LogP contribution >= 0.6 is 0 Å². The average molecular weight is 1280 g/mol. The Morgan fingerprint density at radius 2 is 0.469 bits per heavy atom. The Morgan fingerprint density at radius 1 is 0.259 bits per heavy atom. The zero-order valence-electron chi connectivity index (χ0n) is 52.7. The van der Waals surface area contributed by atoms with Gasteiger partial charge in [-0.3, -0.25) is 0 Å². The molecule has 9 heteroatoms. The first kappa shape index (κ1) is 75.9. The van der Waals surface area contributed by atoms with Gasteiger partial charge in [0, 0.05) is 0 Å². The fourth-order valence-electron chi connectivity index (χ4n) is 12.0. The van der Waals surface area contributed by atoms with E-state index in [1.807, 2.05) is 24.3 Å². The summed E-state index contributed by atoms with van der Waals surface area (Å²) in [7, 11) is -9.01. The molecule has 81 heavy (non-hydrogen) atoms. The molecule has 0 saturated carbocycles. The van der Waals surface area contributed by atoms with E-state index in [1.165, 1.54) is 268 Å². The molecule has 0 aromatic heterocycles. The molecule has 0 unspecified atom stereocenters. The summed E-state index contributed by atoms with van der Waals surface area (Å²) >= 11 is 0. The minimum atomic E-state index is -4.50.